The summed E-state index contributed by atoms with van der Waals surface area (Å²) in [5, 5.41) is 4.65. The summed E-state index contributed by atoms with van der Waals surface area (Å²) in [6.45, 7) is 7.85. The lowest BCUT2D eigenvalue weighted by Gasteiger charge is -2.25. The summed E-state index contributed by atoms with van der Waals surface area (Å²) in [4.78, 5) is 8.81. The summed E-state index contributed by atoms with van der Waals surface area (Å²) in [7, 11) is 2.06. The molecule has 1 heterocycles. The normalized spacial score (nSPS) is 19.1. The van der Waals surface area contributed by atoms with Crippen molar-refractivity contribution in [1.29, 1.82) is 0 Å². The second kappa shape index (κ2) is 6.02. The van der Waals surface area contributed by atoms with Crippen molar-refractivity contribution in [3.8, 4) is 0 Å². The number of anilines is 1. The number of fused-ring (bicyclic) bond motifs is 1. The lowest BCUT2D eigenvalue weighted by molar-refractivity contribution is 0.501. The predicted octanol–water partition coefficient (Wildman–Crippen LogP) is 3.36. The second-order valence-electron chi connectivity index (χ2n) is 5.33. The van der Waals surface area contributed by atoms with E-state index in [1.807, 2.05) is 11.3 Å². The van der Waals surface area contributed by atoms with Gasteiger partial charge in [-0.15, -0.1) is 0 Å². The summed E-state index contributed by atoms with van der Waals surface area (Å²) in [5.41, 5.74) is 1.34. The first-order chi connectivity index (χ1) is 8.67. The van der Waals surface area contributed by atoms with Gasteiger partial charge in [0, 0.05) is 23.5 Å². The van der Waals surface area contributed by atoms with Gasteiger partial charge in [-0.05, 0) is 46.6 Å². The van der Waals surface area contributed by atoms with E-state index in [1.165, 1.54) is 35.0 Å². The number of thiazole rings is 1. The van der Waals surface area contributed by atoms with Gasteiger partial charge in [0.2, 0.25) is 0 Å². The Morgan fingerprint density at radius 3 is 2.89 bits per heavy atom. The van der Waals surface area contributed by atoms with Crippen molar-refractivity contribution in [1.82, 2.24) is 10.3 Å². The molecule has 0 aliphatic heterocycles. The zero-order valence-corrected chi connectivity index (χ0v) is 12.8. The average Bonchev–Trinajstić information content (AvgIpc) is 2.78. The average molecular weight is 267 g/mol. The molecule has 1 unspecified atom stereocenters. The molecule has 0 saturated carbocycles. The third-order valence-electron chi connectivity index (χ3n) is 3.62. The summed E-state index contributed by atoms with van der Waals surface area (Å²) in [5.74, 6) is 0. The van der Waals surface area contributed by atoms with Crippen LogP contribution < -0.4 is 10.2 Å². The second-order valence-corrected chi connectivity index (χ2v) is 6.34. The molecular weight excluding hydrogens is 242 g/mol. The van der Waals surface area contributed by atoms with Gasteiger partial charge in [0.15, 0.2) is 5.13 Å². The van der Waals surface area contributed by atoms with Crippen LogP contribution in [0, 0.1) is 0 Å². The Kier molecular flexibility index (Phi) is 4.62. The molecule has 0 spiro atoms. The van der Waals surface area contributed by atoms with E-state index < -0.39 is 0 Å². The van der Waals surface area contributed by atoms with Crippen LogP contribution in [0.5, 0.6) is 0 Å². The first-order valence-electron chi connectivity index (χ1n) is 7.10. The Balaban J connectivity index is 2.27. The Morgan fingerprint density at radius 1 is 1.50 bits per heavy atom. The van der Waals surface area contributed by atoms with Gasteiger partial charge in [0.25, 0.3) is 0 Å². The minimum atomic E-state index is 0.524. The largest absolute Gasteiger partial charge is 0.346 e. The number of rotatable bonds is 5. The molecule has 1 aliphatic carbocycles. The van der Waals surface area contributed by atoms with Gasteiger partial charge in [-0.2, -0.15) is 0 Å². The number of hydrogen-bond acceptors (Lipinski definition) is 4. The van der Waals surface area contributed by atoms with Crippen LogP contribution in [0.4, 0.5) is 5.13 Å². The van der Waals surface area contributed by atoms with Crippen LogP contribution >= 0.6 is 11.3 Å². The molecule has 2 rings (SSSR count). The Labute approximate surface area is 115 Å². The number of nitrogens with one attached hydrogen (secondary N) is 1. The van der Waals surface area contributed by atoms with Crippen LogP contribution in [0.2, 0.25) is 0 Å². The van der Waals surface area contributed by atoms with Gasteiger partial charge in [0.1, 0.15) is 0 Å². The quantitative estimate of drug-likeness (QED) is 0.886. The number of aryl methyl sites for hydroxylation is 1. The van der Waals surface area contributed by atoms with Crippen molar-refractivity contribution in [2.75, 3.05) is 18.5 Å². The number of hydrogen-bond donors (Lipinski definition) is 1. The molecule has 0 fully saturated rings. The molecule has 102 valence electrons. The van der Waals surface area contributed by atoms with Crippen molar-refractivity contribution in [3.63, 3.8) is 0 Å². The molecule has 3 nitrogen and oxygen atoms in total. The maximum atomic E-state index is 4.89. The topological polar surface area (TPSA) is 28.2 Å². The van der Waals surface area contributed by atoms with Crippen molar-refractivity contribution in [3.05, 3.63) is 10.6 Å². The van der Waals surface area contributed by atoms with E-state index in [0.717, 1.165) is 13.0 Å². The van der Waals surface area contributed by atoms with Crippen molar-refractivity contribution in [2.24, 2.45) is 0 Å². The maximum Gasteiger partial charge on any atom is 0.186 e. The SMILES string of the molecule is CCCN(c1nc2c(s1)C(NC)CCC2)C(C)C. The van der Waals surface area contributed by atoms with Gasteiger partial charge >= 0.3 is 0 Å². The third kappa shape index (κ3) is 2.69. The fraction of sp³-hybridized carbons (Fsp3) is 0.786. The smallest absolute Gasteiger partial charge is 0.186 e. The lowest BCUT2D eigenvalue weighted by Crippen LogP contribution is -2.31. The van der Waals surface area contributed by atoms with E-state index in [-0.39, 0.29) is 0 Å². The highest BCUT2D eigenvalue weighted by Crippen LogP contribution is 2.37. The molecule has 0 bridgehead atoms. The van der Waals surface area contributed by atoms with E-state index in [4.69, 9.17) is 4.98 Å². The third-order valence-corrected chi connectivity index (χ3v) is 4.87. The van der Waals surface area contributed by atoms with E-state index in [2.05, 4.69) is 38.0 Å². The molecule has 1 atom stereocenters. The summed E-state index contributed by atoms with van der Waals surface area (Å²) in [6.07, 6.45) is 4.84. The summed E-state index contributed by atoms with van der Waals surface area (Å²) in [6, 6.07) is 1.06. The number of aromatic nitrogens is 1. The molecule has 1 aromatic rings. The van der Waals surface area contributed by atoms with Gasteiger partial charge in [-0.3, -0.25) is 0 Å². The van der Waals surface area contributed by atoms with Crippen molar-refractivity contribution >= 4 is 16.5 Å². The Bertz CT molecular complexity index is 386. The van der Waals surface area contributed by atoms with Crippen LogP contribution in [0.1, 0.15) is 56.6 Å². The minimum Gasteiger partial charge on any atom is -0.346 e. The molecule has 0 radical (unpaired) electrons. The maximum absolute atomic E-state index is 4.89. The van der Waals surface area contributed by atoms with Crippen molar-refractivity contribution in [2.45, 2.75) is 58.5 Å². The molecule has 0 saturated heterocycles. The zero-order valence-electron chi connectivity index (χ0n) is 12.0. The first-order valence-corrected chi connectivity index (χ1v) is 7.92. The van der Waals surface area contributed by atoms with Crippen LogP contribution in [-0.2, 0) is 6.42 Å². The fourth-order valence-electron chi connectivity index (χ4n) is 2.62. The standard InChI is InChI=1S/C14H25N3S/c1-5-9-17(10(2)3)14-16-12-8-6-7-11(15-4)13(12)18-14/h10-11,15H,5-9H2,1-4H3. The lowest BCUT2D eigenvalue weighted by atomic mass is 9.98. The number of nitrogens with zero attached hydrogens (tertiary/aromatic N) is 2. The predicted molar refractivity (Wildman–Crippen MR) is 79.6 cm³/mol. The monoisotopic (exact) mass is 267 g/mol. The first kappa shape index (κ1) is 13.8. The molecule has 1 N–H and O–H groups in total. The van der Waals surface area contributed by atoms with Crippen molar-refractivity contribution < 1.29 is 0 Å². The van der Waals surface area contributed by atoms with Gasteiger partial charge < -0.3 is 10.2 Å². The molecule has 0 amide bonds. The van der Waals surface area contributed by atoms with Crippen LogP contribution in [0.15, 0.2) is 0 Å². The van der Waals surface area contributed by atoms with Crippen LogP contribution in [0.25, 0.3) is 0 Å². The van der Waals surface area contributed by atoms with E-state index in [1.54, 1.807) is 0 Å². The van der Waals surface area contributed by atoms with E-state index in [0.29, 0.717) is 12.1 Å². The minimum absolute atomic E-state index is 0.524. The fourth-order valence-corrected chi connectivity index (χ4v) is 4.04. The van der Waals surface area contributed by atoms with Gasteiger partial charge in [-0.1, -0.05) is 18.3 Å². The molecule has 1 aliphatic rings. The zero-order chi connectivity index (χ0) is 13.1. The molecule has 1 aromatic heterocycles. The molecular formula is C14H25N3S. The highest BCUT2D eigenvalue weighted by Gasteiger charge is 2.25. The van der Waals surface area contributed by atoms with E-state index in [9.17, 15) is 0 Å². The highest BCUT2D eigenvalue weighted by atomic mass is 32.1. The highest BCUT2D eigenvalue weighted by molar-refractivity contribution is 7.15. The summed E-state index contributed by atoms with van der Waals surface area (Å²) < 4.78 is 0. The van der Waals surface area contributed by atoms with Gasteiger partial charge in [0.05, 0.1) is 5.69 Å². The molecule has 4 heteroatoms. The Morgan fingerprint density at radius 2 is 2.28 bits per heavy atom. The van der Waals surface area contributed by atoms with Crippen LogP contribution in [0.3, 0.4) is 0 Å². The molecule has 18 heavy (non-hydrogen) atoms. The molecule has 0 aromatic carbocycles. The van der Waals surface area contributed by atoms with Gasteiger partial charge in [-0.25, -0.2) is 4.98 Å². The van der Waals surface area contributed by atoms with E-state index >= 15 is 0 Å². The summed E-state index contributed by atoms with van der Waals surface area (Å²) >= 11 is 1.90. The van der Waals surface area contributed by atoms with Crippen LogP contribution in [-0.4, -0.2) is 24.6 Å². The Hall–Kier alpha value is -0.610.